The van der Waals surface area contributed by atoms with Crippen LogP contribution in [0.4, 0.5) is 0 Å². The summed E-state index contributed by atoms with van der Waals surface area (Å²) in [5, 5.41) is 14.0. The van der Waals surface area contributed by atoms with E-state index in [1.165, 1.54) is 193 Å². The van der Waals surface area contributed by atoms with E-state index in [4.69, 9.17) is 9.05 Å². The standard InChI is InChI=1S/C86H149N2O6P/c1-6-8-10-12-14-16-18-20-22-24-26-28-30-32-34-36-38-40-41-42-43-44-45-46-47-48-50-52-54-56-58-60-62-64-66-68-70-72-74-76-78-80-86(90)87-84(83-94-95(91,92)93-82-81-88(3,4)5)85(89)79-77-75-73-71-69-67-65-63-61-59-57-55-53-51-49-39-37-35-33-31-29-27-25-23-21-19-17-15-13-11-9-7-2/h8,10,14,16,20,22,26,28,32,34,38,40,42-43,45-46,48,50,54,56,61,63,69,71,77,79,84-85,89H,6-7,9,11-13,15,17-19,21,23-25,27,29-31,33,35-37,39,41,44,47,49,51-53,55,57-60,62,64-68,70,72-76,78,80-83H2,1-5H3,(H-,87,90,91,92)/p+1/b10-8-,16-14-,22-20-,28-26-,34-32-,40-38-,43-42-,46-45-,50-48-,56-54-,63-61+,71-69+,79-77+. The Hall–Kier alpha value is -3.88. The molecule has 3 unspecified atom stereocenters. The lowest BCUT2D eigenvalue weighted by Gasteiger charge is -2.25. The number of aliphatic hydroxyl groups excluding tert-OH is 1. The topological polar surface area (TPSA) is 105 Å². The molecule has 3 N–H and O–H groups in total. The summed E-state index contributed by atoms with van der Waals surface area (Å²) in [6, 6.07) is -0.886. The molecule has 0 heterocycles. The number of nitrogens with zero attached hydrogens (tertiary/aromatic N) is 1. The molecule has 95 heavy (non-hydrogen) atoms. The Morgan fingerprint density at radius 1 is 0.368 bits per heavy atom. The SMILES string of the molecule is CC/C=C\C/C=C\C/C=C\C/C=C\C/C=C\C/C=C\C/C=C\C/C=C\C/C=C\C/C=C\CCCCCCCCCCCCC(=O)NC(COP(=O)(O)OCC[N+](C)(C)C)C(O)/C=C/CC/C=C/CC/C=C/CCCCCCCCCCCCCCCCCCCCCCCC. The summed E-state index contributed by atoms with van der Waals surface area (Å²) in [6.45, 7) is 4.69. The van der Waals surface area contributed by atoms with E-state index in [9.17, 15) is 19.4 Å². The van der Waals surface area contributed by atoms with E-state index in [0.29, 0.717) is 17.4 Å². The monoisotopic (exact) mass is 1340 g/mol. The number of hydrogen-bond acceptors (Lipinski definition) is 5. The van der Waals surface area contributed by atoms with Crippen LogP contribution in [0.25, 0.3) is 0 Å². The number of phosphoric acid groups is 1. The van der Waals surface area contributed by atoms with E-state index in [2.05, 4.69) is 165 Å². The van der Waals surface area contributed by atoms with Crippen molar-refractivity contribution in [3.8, 4) is 0 Å². The fourth-order valence-corrected chi connectivity index (χ4v) is 11.7. The molecule has 0 aromatic heterocycles. The Morgan fingerprint density at radius 2 is 0.642 bits per heavy atom. The quantitative estimate of drug-likeness (QED) is 0.0243. The third kappa shape index (κ3) is 77.3. The number of allylic oxidation sites excluding steroid dienone is 25. The van der Waals surface area contributed by atoms with Crippen LogP contribution in [0.1, 0.15) is 328 Å². The number of quaternary nitrogens is 1. The Balaban J connectivity index is 4.13. The first-order valence-corrected chi connectivity index (χ1v) is 40.9. The van der Waals surface area contributed by atoms with Crippen LogP contribution in [-0.2, 0) is 18.4 Å². The van der Waals surface area contributed by atoms with Gasteiger partial charge in [-0.25, -0.2) is 4.57 Å². The summed E-state index contributed by atoms with van der Waals surface area (Å²) in [6.07, 6.45) is 116. The van der Waals surface area contributed by atoms with Crippen molar-refractivity contribution in [3.63, 3.8) is 0 Å². The van der Waals surface area contributed by atoms with Crippen LogP contribution in [0.2, 0.25) is 0 Å². The molecule has 8 nitrogen and oxygen atoms in total. The van der Waals surface area contributed by atoms with Crippen molar-refractivity contribution in [1.29, 1.82) is 0 Å². The van der Waals surface area contributed by atoms with Crippen LogP contribution in [0, 0.1) is 0 Å². The normalized spacial score (nSPS) is 14.4. The highest BCUT2D eigenvalue weighted by atomic mass is 31.2. The predicted molar refractivity (Wildman–Crippen MR) is 419 cm³/mol. The van der Waals surface area contributed by atoms with Gasteiger partial charge in [-0.3, -0.25) is 13.8 Å². The van der Waals surface area contributed by atoms with E-state index in [0.717, 1.165) is 116 Å². The summed E-state index contributed by atoms with van der Waals surface area (Å²) in [7, 11) is 1.53. The molecule has 0 rings (SSSR count). The highest BCUT2D eigenvalue weighted by Crippen LogP contribution is 2.43. The first-order valence-electron chi connectivity index (χ1n) is 39.4. The molecule has 0 spiro atoms. The molecule has 0 aliphatic rings. The summed E-state index contributed by atoms with van der Waals surface area (Å²) in [5.41, 5.74) is 0. The largest absolute Gasteiger partial charge is 0.472 e. The van der Waals surface area contributed by atoms with Crippen LogP contribution >= 0.6 is 7.82 Å². The number of carbonyl (C=O) groups excluding carboxylic acids is 1. The third-order valence-corrected chi connectivity index (χ3v) is 17.9. The fraction of sp³-hybridized carbons (Fsp3) is 0.686. The van der Waals surface area contributed by atoms with Gasteiger partial charge in [-0.15, -0.1) is 0 Å². The molecule has 3 atom stereocenters. The van der Waals surface area contributed by atoms with E-state index in [-0.39, 0.29) is 19.1 Å². The van der Waals surface area contributed by atoms with Crippen molar-refractivity contribution < 1.29 is 32.9 Å². The maximum absolute atomic E-state index is 13.1. The predicted octanol–water partition coefficient (Wildman–Crippen LogP) is 26.1. The zero-order valence-electron chi connectivity index (χ0n) is 62.4. The molecule has 0 saturated carbocycles. The number of rotatable bonds is 71. The van der Waals surface area contributed by atoms with Crippen molar-refractivity contribution in [2.24, 2.45) is 0 Å². The first-order chi connectivity index (χ1) is 46.5. The molecule has 0 aromatic rings. The molecule has 9 heteroatoms. The number of likely N-dealkylation sites (N-methyl/N-ethyl adjacent to an activating group) is 1. The van der Waals surface area contributed by atoms with Gasteiger partial charge in [0.25, 0.3) is 0 Å². The van der Waals surface area contributed by atoms with Crippen LogP contribution in [0.3, 0.4) is 0 Å². The summed E-state index contributed by atoms with van der Waals surface area (Å²) in [4.78, 5) is 23.5. The number of aliphatic hydroxyl groups is 1. The minimum atomic E-state index is -4.38. The Bertz CT molecular complexity index is 2120. The molecule has 1 amide bonds. The second kappa shape index (κ2) is 74.3. The van der Waals surface area contributed by atoms with E-state index >= 15 is 0 Å². The molecular formula is C86H150N2O6P+. The number of hydrogen-bond donors (Lipinski definition) is 3. The minimum absolute atomic E-state index is 0.0456. The van der Waals surface area contributed by atoms with Gasteiger partial charge in [-0.2, -0.15) is 0 Å². The second-order valence-corrected chi connectivity index (χ2v) is 28.8. The van der Waals surface area contributed by atoms with Gasteiger partial charge < -0.3 is 19.8 Å². The summed E-state index contributed by atoms with van der Waals surface area (Å²) in [5.74, 6) is -0.199. The lowest BCUT2D eigenvalue weighted by molar-refractivity contribution is -0.870. The Morgan fingerprint density at radius 3 is 0.968 bits per heavy atom. The molecule has 0 aliphatic heterocycles. The van der Waals surface area contributed by atoms with Gasteiger partial charge in [0.05, 0.1) is 39.9 Å². The van der Waals surface area contributed by atoms with Gasteiger partial charge in [0.1, 0.15) is 13.2 Å². The van der Waals surface area contributed by atoms with Gasteiger partial charge in [-0.05, 0) is 122 Å². The molecule has 0 bridgehead atoms. The summed E-state index contributed by atoms with van der Waals surface area (Å²) >= 11 is 0. The van der Waals surface area contributed by atoms with E-state index in [1.807, 2.05) is 27.2 Å². The Kier molecular flexibility index (Phi) is 71.3. The van der Waals surface area contributed by atoms with Gasteiger partial charge in [0.2, 0.25) is 5.91 Å². The third-order valence-electron chi connectivity index (χ3n) is 17.0. The van der Waals surface area contributed by atoms with Crippen molar-refractivity contribution in [1.82, 2.24) is 5.32 Å². The van der Waals surface area contributed by atoms with Crippen molar-refractivity contribution in [3.05, 3.63) is 158 Å². The fourth-order valence-electron chi connectivity index (χ4n) is 10.9. The zero-order chi connectivity index (χ0) is 69.0. The summed E-state index contributed by atoms with van der Waals surface area (Å²) < 4.78 is 23.8. The number of carbonyl (C=O) groups is 1. The highest BCUT2D eigenvalue weighted by molar-refractivity contribution is 7.47. The van der Waals surface area contributed by atoms with Gasteiger partial charge in [-0.1, -0.05) is 358 Å². The lowest BCUT2D eigenvalue weighted by atomic mass is 10.0. The number of unbranched alkanes of at least 4 members (excludes halogenated alkanes) is 34. The van der Waals surface area contributed by atoms with Crippen LogP contribution in [0.5, 0.6) is 0 Å². The van der Waals surface area contributed by atoms with Crippen molar-refractivity contribution in [2.45, 2.75) is 341 Å². The van der Waals surface area contributed by atoms with Gasteiger partial charge in [0, 0.05) is 6.42 Å². The first kappa shape index (κ1) is 91.1. The van der Waals surface area contributed by atoms with Crippen LogP contribution in [-0.4, -0.2) is 73.4 Å². The minimum Gasteiger partial charge on any atom is -0.387 e. The molecule has 0 saturated heterocycles. The van der Waals surface area contributed by atoms with E-state index in [1.54, 1.807) is 6.08 Å². The van der Waals surface area contributed by atoms with Crippen molar-refractivity contribution >= 4 is 13.7 Å². The maximum atomic E-state index is 13.1. The molecule has 0 aliphatic carbocycles. The number of nitrogens with one attached hydrogen (secondary N) is 1. The van der Waals surface area contributed by atoms with Gasteiger partial charge in [0.15, 0.2) is 0 Å². The second-order valence-electron chi connectivity index (χ2n) is 27.3. The number of phosphoric ester groups is 1. The van der Waals surface area contributed by atoms with Crippen LogP contribution < -0.4 is 5.32 Å². The van der Waals surface area contributed by atoms with Gasteiger partial charge >= 0.3 is 7.82 Å². The highest BCUT2D eigenvalue weighted by Gasteiger charge is 2.28. The molecular weight excluding hydrogens is 1190 g/mol. The maximum Gasteiger partial charge on any atom is 0.472 e. The zero-order valence-corrected chi connectivity index (χ0v) is 63.3. The molecule has 0 radical (unpaired) electrons. The smallest absolute Gasteiger partial charge is 0.387 e. The molecule has 544 valence electrons. The Labute approximate surface area is 588 Å². The van der Waals surface area contributed by atoms with Crippen molar-refractivity contribution in [2.75, 3.05) is 40.9 Å². The lowest BCUT2D eigenvalue weighted by Crippen LogP contribution is -2.45. The van der Waals surface area contributed by atoms with Crippen LogP contribution in [0.15, 0.2) is 158 Å². The number of amides is 1. The average molecular weight is 1340 g/mol. The molecule has 0 fully saturated rings. The van der Waals surface area contributed by atoms with E-state index < -0.39 is 20.0 Å². The molecule has 0 aromatic carbocycles. The average Bonchev–Trinajstić information content (AvgIpc) is 2.01.